The van der Waals surface area contributed by atoms with Crippen molar-refractivity contribution in [2.24, 2.45) is 0 Å². The van der Waals surface area contributed by atoms with Gasteiger partial charge >= 0.3 is 0 Å². The summed E-state index contributed by atoms with van der Waals surface area (Å²) in [6.45, 7) is 1.91. The van der Waals surface area contributed by atoms with E-state index < -0.39 is 10.0 Å². The number of sulfonamides is 1. The molecule has 0 saturated heterocycles. The second-order valence-electron chi connectivity index (χ2n) is 3.68. The molecule has 2 aromatic rings. The molecular weight excluding hydrogens is 402 g/mol. The Morgan fingerprint density at radius 3 is 2.50 bits per heavy atom. The SMILES string of the molecule is Cc1cc(Br)cc(NS(=O)(=O)c2sccc2Br)c1. The number of halogens is 2. The van der Waals surface area contributed by atoms with Crippen LogP contribution in [0, 0.1) is 6.92 Å². The van der Waals surface area contributed by atoms with Gasteiger partial charge in [0, 0.05) is 8.95 Å². The number of aryl methyl sites for hydroxylation is 1. The molecular formula is C11H9Br2NO2S2. The smallest absolute Gasteiger partial charge is 0.272 e. The number of nitrogens with one attached hydrogen (secondary N) is 1. The third kappa shape index (κ3) is 3.14. The van der Waals surface area contributed by atoms with Crippen molar-refractivity contribution in [2.75, 3.05) is 4.72 Å². The van der Waals surface area contributed by atoms with Gasteiger partial charge in [-0.05, 0) is 58.1 Å². The van der Waals surface area contributed by atoms with Gasteiger partial charge in [-0.15, -0.1) is 11.3 Å². The quantitative estimate of drug-likeness (QED) is 0.815. The first-order valence-electron chi connectivity index (χ1n) is 4.91. The summed E-state index contributed by atoms with van der Waals surface area (Å²) < 4.78 is 28.6. The van der Waals surface area contributed by atoms with Crippen LogP contribution in [0.3, 0.4) is 0 Å². The zero-order valence-electron chi connectivity index (χ0n) is 9.28. The first-order chi connectivity index (χ1) is 8.38. The highest BCUT2D eigenvalue weighted by Gasteiger charge is 2.19. The average Bonchev–Trinajstić information content (AvgIpc) is 2.62. The summed E-state index contributed by atoms with van der Waals surface area (Å²) in [7, 11) is -3.53. The Bertz CT molecular complexity index is 660. The van der Waals surface area contributed by atoms with Crippen LogP contribution in [-0.4, -0.2) is 8.42 Å². The van der Waals surface area contributed by atoms with Gasteiger partial charge in [0.2, 0.25) is 0 Å². The Morgan fingerprint density at radius 1 is 1.22 bits per heavy atom. The maximum atomic E-state index is 12.2. The molecule has 0 fully saturated rings. The number of benzene rings is 1. The topological polar surface area (TPSA) is 46.2 Å². The number of hydrogen-bond acceptors (Lipinski definition) is 3. The fourth-order valence-corrected chi connectivity index (χ4v) is 5.46. The van der Waals surface area contributed by atoms with Crippen molar-refractivity contribution in [1.29, 1.82) is 0 Å². The van der Waals surface area contributed by atoms with E-state index in [1.165, 1.54) is 11.3 Å². The molecule has 1 N–H and O–H groups in total. The molecule has 0 saturated carbocycles. The van der Waals surface area contributed by atoms with E-state index in [1.54, 1.807) is 23.6 Å². The molecule has 1 heterocycles. The monoisotopic (exact) mass is 409 g/mol. The van der Waals surface area contributed by atoms with Crippen molar-refractivity contribution in [3.8, 4) is 0 Å². The van der Waals surface area contributed by atoms with E-state index in [4.69, 9.17) is 0 Å². The van der Waals surface area contributed by atoms with Gasteiger partial charge in [-0.25, -0.2) is 8.42 Å². The van der Waals surface area contributed by atoms with E-state index in [1.807, 2.05) is 13.0 Å². The molecule has 0 radical (unpaired) electrons. The lowest BCUT2D eigenvalue weighted by molar-refractivity contribution is 0.603. The lowest BCUT2D eigenvalue weighted by Crippen LogP contribution is -2.12. The molecule has 0 spiro atoms. The fraction of sp³-hybridized carbons (Fsp3) is 0.0909. The summed E-state index contributed by atoms with van der Waals surface area (Å²) in [4.78, 5) is 0. The molecule has 1 aromatic heterocycles. The predicted octanol–water partition coefficient (Wildman–Crippen LogP) is 4.38. The van der Waals surface area contributed by atoms with Crippen molar-refractivity contribution in [2.45, 2.75) is 11.1 Å². The molecule has 7 heteroatoms. The van der Waals surface area contributed by atoms with E-state index in [0.717, 1.165) is 10.0 Å². The minimum absolute atomic E-state index is 0.278. The summed E-state index contributed by atoms with van der Waals surface area (Å²) in [5.74, 6) is 0. The van der Waals surface area contributed by atoms with Crippen molar-refractivity contribution >= 4 is 58.9 Å². The summed E-state index contributed by atoms with van der Waals surface area (Å²) in [6, 6.07) is 7.14. The van der Waals surface area contributed by atoms with Crippen LogP contribution >= 0.6 is 43.2 Å². The highest BCUT2D eigenvalue weighted by Crippen LogP contribution is 2.30. The van der Waals surface area contributed by atoms with Crippen LogP contribution in [0.1, 0.15) is 5.56 Å². The molecule has 1 aromatic carbocycles. The number of anilines is 1. The fourth-order valence-electron chi connectivity index (χ4n) is 1.47. The molecule has 0 amide bonds. The molecule has 2 rings (SSSR count). The van der Waals surface area contributed by atoms with Crippen molar-refractivity contribution in [1.82, 2.24) is 0 Å². The van der Waals surface area contributed by atoms with Gasteiger partial charge in [0.05, 0.1) is 5.69 Å². The minimum Gasteiger partial charge on any atom is -0.279 e. The van der Waals surface area contributed by atoms with Gasteiger partial charge < -0.3 is 0 Å². The summed E-state index contributed by atoms with van der Waals surface area (Å²) in [5.41, 5.74) is 1.52. The number of rotatable bonds is 3. The molecule has 0 atom stereocenters. The van der Waals surface area contributed by atoms with E-state index in [2.05, 4.69) is 36.6 Å². The Balaban J connectivity index is 2.37. The average molecular weight is 411 g/mol. The van der Waals surface area contributed by atoms with Gasteiger partial charge in [-0.1, -0.05) is 15.9 Å². The number of hydrogen-bond donors (Lipinski definition) is 1. The van der Waals surface area contributed by atoms with Crippen LogP contribution in [-0.2, 0) is 10.0 Å². The van der Waals surface area contributed by atoms with Crippen molar-refractivity contribution in [3.05, 3.63) is 44.2 Å². The summed E-state index contributed by atoms with van der Waals surface area (Å²) >= 11 is 7.74. The zero-order chi connectivity index (χ0) is 13.3. The Morgan fingerprint density at radius 2 is 1.94 bits per heavy atom. The second kappa shape index (κ2) is 5.32. The molecule has 3 nitrogen and oxygen atoms in total. The Hall–Kier alpha value is -0.370. The maximum absolute atomic E-state index is 12.2. The second-order valence-corrected chi connectivity index (χ2v) is 8.24. The predicted molar refractivity (Wildman–Crippen MR) is 81.7 cm³/mol. The third-order valence-electron chi connectivity index (χ3n) is 2.12. The van der Waals surface area contributed by atoms with Gasteiger partial charge in [0.1, 0.15) is 0 Å². The van der Waals surface area contributed by atoms with Crippen LogP contribution in [0.2, 0.25) is 0 Å². The molecule has 0 aliphatic rings. The van der Waals surface area contributed by atoms with Crippen molar-refractivity contribution < 1.29 is 8.42 Å². The van der Waals surface area contributed by atoms with Crippen molar-refractivity contribution in [3.63, 3.8) is 0 Å². The van der Waals surface area contributed by atoms with E-state index >= 15 is 0 Å². The zero-order valence-corrected chi connectivity index (χ0v) is 14.1. The first kappa shape index (κ1) is 14.0. The number of thiophene rings is 1. The molecule has 0 unspecified atom stereocenters. The van der Waals surface area contributed by atoms with Gasteiger partial charge in [0.15, 0.2) is 4.21 Å². The molecule has 0 aliphatic heterocycles. The lowest BCUT2D eigenvalue weighted by atomic mass is 10.2. The maximum Gasteiger partial charge on any atom is 0.272 e. The van der Waals surface area contributed by atoms with Gasteiger partial charge in [0.25, 0.3) is 10.0 Å². The normalized spacial score (nSPS) is 11.5. The van der Waals surface area contributed by atoms with Crippen LogP contribution in [0.5, 0.6) is 0 Å². The highest BCUT2D eigenvalue weighted by molar-refractivity contribution is 9.10. The molecule has 18 heavy (non-hydrogen) atoms. The third-order valence-corrected chi connectivity index (χ3v) is 6.63. The first-order valence-corrected chi connectivity index (χ1v) is 8.86. The highest BCUT2D eigenvalue weighted by atomic mass is 79.9. The van der Waals surface area contributed by atoms with E-state index in [9.17, 15) is 8.42 Å². The van der Waals surface area contributed by atoms with Crippen LogP contribution in [0.4, 0.5) is 5.69 Å². The summed E-state index contributed by atoms with van der Waals surface area (Å²) in [5, 5.41) is 1.73. The molecule has 0 bridgehead atoms. The largest absolute Gasteiger partial charge is 0.279 e. The van der Waals surface area contributed by atoms with Gasteiger partial charge in [-0.3, -0.25) is 4.72 Å². The van der Waals surface area contributed by atoms with E-state index in [0.29, 0.717) is 10.2 Å². The Labute approximate surface area is 127 Å². The van der Waals surface area contributed by atoms with Gasteiger partial charge in [-0.2, -0.15) is 0 Å². The van der Waals surface area contributed by atoms with Crippen LogP contribution in [0.25, 0.3) is 0 Å². The standard InChI is InChI=1S/C11H9Br2NO2S2/c1-7-4-8(12)6-9(5-7)14-18(15,16)11-10(13)2-3-17-11/h2-6,14H,1H3. The molecule has 0 aliphatic carbocycles. The van der Waals surface area contributed by atoms with Crippen LogP contribution in [0.15, 0.2) is 42.8 Å². The van der Waals surface area contributed by atoms with Crippen LogP contribution < -0.4 is 4.72 Å². The minimum atomic E-state index is -3.53. The lowest BCUT2D eigenvalue weighted by Gasteiger charge is -2.08. The van der Waals surface area contributed by atoms with E-state index in [-0.39, 0.29) is 4.21 Å². The Kier molecular flexibility index (Phi) is 4.15. The molecule has 96 valence electrons. The summed E-state index contributed by atoms with van der Waals surface area (Å²) in [6.07, 6.45) is 0.